The smallest absolute Gasteiger partial charge is 0.340 e. The third kappa shape index (κ3) is 2.02. The van der Waals surface area contributed by atoms with Gasteiger partial charge in [-0.05, 0) is 43.1 Å². The number of hydrogen-bond acceptors (Lipinski definition) is 4. The molecule has 2 atom stereocenters. The first-order valence-electron chi connectivity index (χ1n) is 6.99. The molecule has 2 saturated carbocycles. The lowest BCUT2D eigenvalue weighted by molar-refractivity contribution is -0.120. The predicted octanol–water partition coefficient (Wildman–Crippen LogP) is 2.55. The lowest BCUT2D eigenvalue weighted by Gasteiger charge is -2.16. The third-order valence-electron chi connectivity index (χ3n) is 4.64. The van der Waals surface area contributed by atoms with Gasteiger partial charge in [-0.25, -0.2) is 4.79 Å². The monoisotopic (exact) mass is 294 g/mol. The molecule has 0 saturated heterocycles. The Hall–Kier alpha value is -1.43. The number of fused-ring (bicyclic) bond motifs is 1. The van der Waals surface area contributed by atoms with Crippen LogP contribution >= 0.6 is 11.5 Å². The van der Waals surface area contributed by atoms with E-state index in [1.807, 2.05) is 0 Å². The zero-order chi connectivity index (χ0) is 14.4. The minimum absolute atomic E-state index is 0.0630. The van der Waals surface area contributed by atoms with Crippen molar-refractivity contribution in [1.82, 2.24) is 4.37 Å². The Morgan fingerprint density at radius 2 is 1.90 bits per heavy atom. The number of amides is 1. The van der Waals surface area contributed by atoms with Crippen LogP contribution in [0.2, 0.25) is 0 Å². The minimum Gasteiger partial charge on any atom is -0.478 e. The van der Waals surface area contributed by atoms with E-state index in [4.69, 9.17) is 0 Å². The van der Waals surface area contributed by atoms with Crippen molar-refractivity contribution in [3.05, 3.63) is 11.3 Å². The van der Waals surface area contributed by atoms with Crippen LogP contribution in [0.1, 0.15) is 41.7 Å². The van der Waals surface area contributed by atoms with E-state index in [1.54, 1.807) is 14.0 Å². The zero-order valence-corrected chi connectivity index (χ0v) is 12.4. The SMILES string of the molecule is Cc1nsc(N(C)C(=O)C2C3CCCCC32)c1C(=O)O. The molecule has 108 valence electrons. The number of aromatic nitrogens is 1. The van der Waals surface area contributed by atoms with Crippen LogP contribution in [0.5, 0.6) is 0 Å². The van der Waals surface area contributed by atoms with Crippen molar-refractivity contribution in [2.24, 2.45) is 17.8 Å². The fraction of sp³-hybridized carbons (Fsp3) is 0.643. The fourth-order valence-corrected chi connectivity index (χ4v) is 4.37. The van der Waals surface area contributed by atoms with E-state index >= 15 is 0 Å². The Morgan fingerprint density at radius 3 is 2.45 bits per heavy atom. The summed E-state index contributed by atoms with van der Waals surface area (Å²) in [6.07, 6.45) is 4.72. The molecule has 6 heteroatoms. The average Bonchev–Trinajstić information content (AvgIpc) is 3.02. The molecule has 0 radical (unpaired) electrons. The third-order valence-corrected chi connectivity index (χ3v) is 5.65. The van der Waals surface area contributed by atoms with Crippen molar-refractivity contribution >= 4 is 28.4 Å². The maximum atomic E-state index is 12.6. The zero-order valence-electron chi connectivity index (χ0n) is 11.6. The van der Waals surface area contributed by atoms with Crippen LogP contribution < -0.4 is 4.90 Å². The van der Waals surface area contributed by atoms with Gasteiger partial charge in [0.25, 0.3) is 0 Å². The molecule has 3 rings (SSSR count). The predicted molar refractivity (Wildman–Crippen MR) is 76.2 cm³/mol. The maximum Gasteiger partial charge on any atom is 0.340 e. The highest BCUT2D eigenvalue weighted by molar-refractivity contribution is 7.11. The van der Waals surface area contributed by atoms with Gasteiger partial charge in [-0.15, -0.1) is 0 Å². The normalized spacial score (nSPS) is 27.8. The Bertz CT molecular complexity index is 557. The molecule has 0 spiro atoms. The molecule has 0 bridgehead atoms. The lowest BCUT2D eigenvalue weighted by atomic mass is 10.0. The van der Waals surface area contributed by atoms with E-state index in [9.17, 15) is 14.7 Å². The summed E-state index contributed by atoms with van der Waals surface area (Å²) in [5.74, 6) is 0.209. The van der Waals surface area contributed by atoms with Crippen LogP contribution in [0.4, 0.5) is 5.00 Å². The van der Waals surface area contributed by atoms with Crippen LogP contribution in [0, 0.1) is 24.7 Å². The molecule has 2 unspecified atom stereocenters. The van der Waals surface area contributed by atoms with E-state index in [0.717, 1.165) is 24.4 Å². The van der Waals surface area contributed by atoms with E-state index in [-0.39, 0.29) is 17.4 Å². The number of aryl methyl sites for hydroxylation is 1. The maximum absolute atomic E-state index is 12.6. The molecule has 1 amide bonds. The first kappa shape index (κ1) is 13.5. The Balaban J connectivity index is 1.81. The van der Waals surface area contributed by atoms with Crippen LogP contribution in [-0.2, 0) is 4.79 Å². The number of carboxylic acid groups (broad SMARTS) is 1. The quantitative estimate of drug-likeness (QED) is 0.930. The molecular formula is C14H18N2O3S. The number of aromatic carboxylic acids is 1. The van der Waals surface area contributed by atoms with Crippen molar-refractivity contribution in [2.45, 2.75) is 32.6 Å². The summed E-state index contributed by atoms with van der Waals surface area (Å²) in [5.41, 5.74) is 0.639. The molecular weight excluding hydrogens is 276 g/mol. The number of rotatable bonds is 3. The van der Waals surface area contributed by atoms with E-state index in [0.29, 0.717) is 22.5 Å². The summed E-state index contributed by atoms with van der Waals surface area (Å²) >= 11 is 1.09. The van der Waals surface area contributed by atoms with Gasteiger partial charge in [-0.3, -0.25) is 4.79 Å². The largest absolute Gasteiger partial charge is 0.478 e. The summed E-state index contributed by atoms with van der Waals surface area (Å²) in [6, 6.07) is 0. The molecule has 2 aliphatic rings. The van der Waals surface area contributed by atoms with Crippen molar-refractivity contribution in [2.75, 3.05) is 11.9 Å². The highest BCUT2D eigenvalue weighted by Gasteiger charge is 2.55. The van der Waals surface area contributed by atoms with Crippen molar-refractivity contribution in [3.63, 3.8) is 0 Å². The molecule has 1 N–H and O–H groups in total. The standard InChI is InChI=1S/C14H18N2O3S/c1-7-10(14(18)19)13(20-15-7)16(2)12(17)11-8-5-3-4-6-9(8)11/h8-9,11H,3-6H2,1-2H3,(H,18,19). The van der Waals surface area contributed by atoms with Gasteiger partial charge in [-0.2, -0.15) is 4.37 Å². The highest BCUT2D eigenvalue weighted by atomic mass is 32.1. The van der Waals surface area contributed by atoms with Gasteiger partial charge in [0.05, 0.1) is 5.69 Å². The summed E-state index contributed by atoms with van der Waals surface area (Å²) in [5, 5.41) is 9.72. The number of hydrogen-bond donors (Lipinski definition) is 1. The van der Waals surface area contributed by atoms with Crippen LogP contribution in [0.25, 0.3) is 0 Å². The molecule has 0 aromatic carbocycles. The Labute approximate surface area is 121 Å². The molecule has 5 nitrogen and oxygen atoms in total. The average molecular weight is 294 g/mol. The second-order valence-electron chi connectivity index (χ2n) is 5.79. The van der Waals surface area contributed by atoms with Gasteiger partial charge in [-0.1, -0.05) is 12.8 Å². The molecule has 1 aromatic rings. The molecule has 20 heavy (non-hydrogen) atoms. The van der Waals surface area contributed by atoms with Crippen molar-refractivity contribution in [1.29, 1.82) is 0 Å². The minimum atomic E-state index is -1.01. The summed E-state index contributed by atoms with van der Waals surface area (Å²) in [7, 11) is 1.67. The molecule has 0 aliphatic heterocycles. The summed E-state index contributed by atoms with van der Waals surface area (Å²) in [4.78, 5) is 25.4. The second kappa shape index (κ2) is 4.84. The van der Waals surface area contributed by atoms with E-state index < -0.39 is 5.97 Å². The number of anilines is 1. The van der Waals surface area contributed by atoms with E-state index in [1.165, 1.54) is 17.7 Å². The number of carbonyl (C=O) groups is 2. The molecule has 1 aromatic heterocycles. The Morgan fingerprint density at radius 1 is 1.30 bits per heavy atom. The molecule has 2 fully saturated rings. The van der Waals surface area contributed by atoms with Crippen molar-refractivity contribution in [3.8, 4) is 0 Å². The first-order chi connectivity index (χ1) is 9.52. The number of carbonyl (C=O) groups excluding carboxylic acids is 1. The highest BCUT2D eigenvalue weighted by Crippen LogP contribution is 2.56. The number of nitrogens with zero attached hydrogens (tertiary/aromatic N) is 2. The first-order valence-corrected chi connectivity index (χ1v) is 7.77. The van der Waals surface area contributed by atoms with Gasteiger partial charge in [0.2, 0.25) is 5.91 Å². The number of carboxylic acids is 1. The van der Waals surface area contributed by atoms with E-state index in [2.05, 4.69) is 4.37 Å². The lowest BCUT2D eigenvalue weighted by Crippen LogP contribution is -2.29. The molecule has 1 heterocycles. The summed E-state index contributed by atoms with van der Waals surface area (Å²) < 4.78 is 4.08. The summed E-state index contributed by atoms with van der Waals surface area (Å²) in [6.45, 7) is 1.67. The molecule has 2 aliphatic carbocycles. The topological polar surface area (TPSA) is 70.5 Å². The van der Waals surface area contributed by atoms with Gasteiger partial charge in [0.1, 0.15) is 10.6 Å². The van der Waals surface area contributed by atoms with Crippen LogP contribution in [-0.4, -0.2) is 28.4 Å². The fourth-order valence-electron chi connectivity index (χ4n) is 3.52. The Kier molecular flexibility index (Phi) is 3.28. The van der Waals surface area contributed by atoms with Gasteiger partial charge in [0, 0.05) is 13.0 Å². The van der Waals surface area contributed by atoms with Crippen molar-refractivity contribution < 1.29 is 14.7 Å². The van der Waals surface area contributed by atoms with Crippen LogP contribution in [0.3, 0.4) is 0 Å². The van der Waals surface area contributed by atoms with Crippen LogP contribution in [0.15, 0.2) is 0 Å². The van der Waals surface area contributed by atoms with Gasteiger partial charge < -0.3 is 10.0 Å². The van der Waals surface area contributed by atoms with Gasteiger partial charge >= 0.3 is 5.97 Å². The second-order valence-corrected chi connectivity index (χ2v) is 6.54. The van der Waals surface area contributed by atoms with Gasteiger partial charge in [0.15, 0.2) is 0 Å².